The van der Waals surface area contributed by atoms with E-state index in [0.717, 1.165) is 18.6 Å². The Balaban J connectivity index is 1.46. The van der Waals surface area contributed by atoms with Gasteiger partial charge in [-0.1, -0.05) is 23.7 Å². The van der Waals surface area contributed by atoms with Gasteiger partial charge in [-0.2, -0.15) is 0 Å². The van der Waals surface area contributed by atoms with Crippen molar-refractivity contribution in [3.63, 3.8) is 0 Å². The van der Waals surface area contributed by atoms with Gasteiger partial charge in [0.2, 0.25) is 5.91 Å². The summed E-state index contributed by atoms with van der Waals surface area (Å²) in [6.45, 7) is 3.53. The highest BCUT2D eigenvalue weighted by Crippen LogP contribution is 2.18. The molecule has 1 amide bonds. The molecule has 0 radical (unpaired) electrons. The third-order valence-electron chi connectivity index (χ3n) is 4.68. The molecule has 2 heterocycles. The molecule has 2 aliphatic rings. The molecule has 25 heavy (non-hydrogen) atoms. The number of aliphatic hydroxyl groups is 1. The second kappa shape index (κ2) is 8.96. The van der Waals surface area contributed by atoms with Gasteiger partial charge in [-0.3, -0.25) is 9.69 Å². The second-order valence-electron chi connectivity index (χ2n) is 6.60. The van der Waals surface area contributed by atoms with E-state index in [4.69, 9.17) is 21.1 Å². The van der Waals surface area contributed by atoms with Crippen LogP contribution in [0.4, 0.5) is 0 Å². The fourth-order valence-electron chi connectivity index (χ4n) is 3.29. The molecule has 2 saturated heterocycles. The minimum absolute atomic E-state index is 0.0595. The lowest BCUT2D eigenvalue weighted by Gasteiger charge is -2.24. The van der Waals surface area contributed by atoms with Gasteiger partial charge in [-0.05, 0) is 30.5 Å². The van der Waals surface area contributed by atoms with Gasteiger partial charge in [0.05, 0.1) is 31.5 Å². The quantitative estimate of drug-likeness (QED) is 0.756. The number of carbonyl (C=O) groups excluding carboxylic acids is 1. The predicted octanol–water partition coefficient (Wildman–Crippen LogP) is 1.20. The number of hydrogen-bond acceptors (Lipinski definition) is 5. The minimum atomic E-state index is -0.471. The average Bonchev–Trinajstić information content (AvgIpc) is 3.24. The second-order valence-corrected chi connectivity index (χ2v) is 7.04. The molecule has 1 aromatic carbocycles. The van der Waals surface area contributed by atoms with Gasteiger partial charge in [0.15, 0.2) is 0 Å². The summed E-state index contributed by atoms with van der Waals surface area (Å²) in [5, 5.41) is 13.6. The zero-order valence-electron chi connectivity index (χ0n) is 14.2. The number of hydrogen-bond donors (Lipinski definition) is 2. The summed E-state index contributed by atoms with van der Waals surface area (Å²) in [4.78, 5) is 14.5. The van der Waals surface area contributed by atoms with Gasteiger partial charge < -0.3 is 19.9 Å². The zero-order chi connectivity index (χ0) is 17.6. The standard InChI is InChI=1S/C18H25ClN2O4/c19-14-3-1-13(2-4-14)10-20-18(23)17-9-15(22)11-21(17)6-8-25-16-5-7-24-12-16/h1-4,15-17,22H,5-12H2,(H,20,23)/t15-,16+,17+/m1/s1. The normalized spacial score (nSPS) is 26.9. The summed E-state index contributed by atoms with van der Waals surface area (Å²) in [6, 6.07) is 7.08. The van der Waals surface area contributed by atoms with Crippen LogP contribution < -0.4 is 5.32 Å². The maximum atomic E-state index is 12.5. The number of nitrogens with zero attached hydrogens (tertiary/aromatic N) is 1. The summed E-state index contributed by atoms with van der Waals surface area (Å²) in [5.41, 5.74) is 0.993. The van der Waals surface area contributed by atoms with E-state index in [1.54, 1.807) is 12.1 Å². The predicted molar refractivity (Wildman–Crippen MR) is 94.5 cm³/mol. The molecule has 0 bridgehead atoms. The first-order valence-corrected chi connectivity index (χ1v) is 9.13. The highest BCUT2D eigenvalue weighted by Gasteiger charge is 2.35. The molecule has 2 N–H and O–H groups in total. The third kappa shape index (κ3) is 5.39. The third-order valence-corrected chi connectivity index (χ3v) is 4.94. The molecule has 0 unspecified atom stereocenters. The van der Waals surface area contributed by atoms with E-state index in [1.807, 2.05) is 17.0 Å². The van der Waals surface area contributed by atoms with Crippen molar-refractivity contribution in [3.05, 3.63) is 34.9 Å². The number of nitrogens with one attached hydrogen (secondary N) is 1. The Bertz CT molecular complexity index is 563. The maximum Gasteiger partial charge on any atom is 0.237 e. The SMILES string of the molecule is O=C(NCc1ccc(Cl)cc1)[C@@H]1C[C@@H](O)CN1CCO[C@H]1CCOC1. The van der Waals surface area contributed by atoms with Crippen LogP contribution in [0.5, 0.6) is 0 Å². The van der Waals surface area contributed by atoms with Gasteiger partial charge in [-0.15, -0.1) is 0 Å². The number of benzene rings is 1. The Hall–Kier alpha value is -1.18. The van der Waals surface area contributed by atoms with Crippen LogP contribution in [-0.4, -0.2) is 67.1 Å². The van der Waals surface area contributed by atoms with Crippen molar-refractivity contribution < 1.29 is 19.4 Å². The Morgan fingerprint density at radius 1 is 1.40 bits per heavy atom. The first-order valence-electron chi connectivity index (χ1n) is 8.75. The van der Waals surface area contributed by atoms with E-state index in [0.29, 0.717) is 44.3 Å². The van der Waals surface area contributed by atoms with Gasteiger partial charge >= 0.3 is 0 Å². The van der Waals surface area contributed by atoms with E-state index >= 15 is 0 Å². The first kappa shape index (κ1) is 18.6. The summed E-state index contributed by atoms with van der Waals surface area (Å²) >= 11 is 5.87. The summed E-state index contributed by atoms with van der Waals surface area (Å²) in [5.74, 6) is -0.0595. The van der Waals surface area contributed by atoms with Crippen molar-refractivity contribution in [2.24, 2.45) is 0 Å². The van der Waals surface area contributed by atoms with Crippen LogP contribution in [-0.2, 0) is 20.8 Å². The van der Waals surface area contributed by atoms with Crippen molar-refractivity contribution >= 4 is 17.5 Å². The van der Waals surface area contributed by atoms with E-state index < -0.39 is 6.10 Å². The van der Waals surface area contributed by atoms with Crippen LogP contribution in [0.1, 0.15) is 18.4 Å². The topological polar surface area (TPSA) is 71.0 Å². The minimum Gasteiger partial charge on any atom is -0.392 e. The number of ether oxygens (including phenoxy) is 2. The smallest absolute Gasteiger partial charge is 0.237 e. The Morgan fingerprint density at radius 3 is 2.92 bits per heavy atom. The fraction of sp³-hybridized carbons (Fsp3) is 0.611. The van der Waals surface area contributed by atoms with Crippen LogP contribution in [0, 0.1) is 0 Å². The molecule has 0 aromatic heterocycles. The molecule has 3 rings (SSSR count). The Labute approximate surface area is 153 Å². The van der Waals surface area contributed by atoms with Crippen molar-refractivity contribution in [2.45, 2.75) is 37.6 Å². The molecular weight excluding hydrogens is 344 g/mol. The lowest BCUT2D eigenvalue weighted by atomic mass is 10.1. The fourth-order valence-corrected chi connectivity index (χ4v) is 3.42. The molecule has 0 saturated carbocycles. The lowest BCUT2D eigenvalue weighted by Crippen LogP contribution is -2.44. The summed E-state index contributed by atoms with van der Waals surface area (Å²) in [7, 11) is 0. The summed E-state index contributed by atoms with van der Waals surface area (Å²) in [6.07, 6.45) is 1.07. The van der Waals surface area contributed by atoms with E-state index in [1.165, 1.54) is 0 Å². The molecule has 6 nitrogen and oxygen atoms in total. The first-order chi connectivity index (χ1) is 12.1. The maximum absolute atomic E-state index is 12.5. The molecule has 3 atom stereocenters. The van der Waals surface area contributed by atoms with Crippen LogP contribution in [0.25, 0.3) is 0 Å². The van der Waals surface area contributed by atoms with Gasteiger partial charge in [0, 0.05) is 31.3 Å². The monoisotopic (exact) mass is 368 g/mol. The largest absolute Gasteiger partial charge is 0.392 e. The van der Waals surface area contributed by atoms with Crippen LogP contribution in [0.2, 0.25) is 5.02 Å². The number of carbonyl (C=O) groups is 1. The van der Waals surface area contributed by atoms with E-state index in [2.05, 4.69) is 5.32 Å². The highest BCUT2D eigenvalue weighted by atomic mass is 35.5. The number of halogens is 1. The summed E-state index contributed by atoms with van der Waals surface area (Å²) < 4.78 is 11.1. The van der Waals surface area contributed by atoms with Crippen molar-refractivity contribution in [1.82, 2.24) is 10.2 Å². The number of β-amino-alcohol motifs (C(OH)–C–C–N with tert-alkyl or cyclic N) is 1. The van der Waals surface area contributed by atoms with Crippen LogP contribution in [0.15, 0.2) is 24.3 Å². The zero-order valence-corrected chi connectivity index (χ0v) is 15.0. The van der Waals surface area contributed by atoms with E-state index in [9.17, 15) is 9.90 Å². The molecule has 2 fully saturated rings. The molecule has 2 aliphatic heterocycles. The van der Waals surface area contributed by atoms with E-state index in [-0.39, 0.29) is 18.1 Å². The number of rotatable bonds is 7. The van der Waals surface area contributed by atoms with Gasteiger partial charge in [0.25, 0.3) is 0 Å². The average molecular weight is 369 g/mol. The van der Waals surface area contributed by atoms with Gasteiger partial charge in [0.1, 0.15) is 0 Å². The van der Waals surface area contributed by atoms with Crippen molar-refractivity contribution in [3.8, 4) is 0 Å². The van der Waals surface area contributed by atoms with Gasteiger partial charge in [-0.25, -0.2) is 0 Å². The Kier molecular flexibility index (Phi) is 6.67. The van der Waals surface area contributed by atoms with Crippen LogP contribution in [0.3, 0.4) is 0 Å². The number of likely N-dealkylation sites (tertiary alicyclic amines) is 1. The molecule has 7 heteroatoms. The molecule has 0 aliphatic carbocycles. The lowest BCUT2D eigenvalue weighted by molar-refractivity contribution is -0.126. The Morgan fingerprint density at radius 2 is 2.20 bits per heavy atom. The molecule has 0 spiro atoms. The number of aliphatic hydroxyl groups excluding tert-OH is 1. The van der Waals surface area contributed by atoms with Crippen molar-refractivity contribution in [1.29, 1.82) is 0 Å². The van der Waals surface area contributed by atoms with Crippen molar-refractivity contribution in [2.75, 3.05) is 32.9 Å². The number of amides is 1. The molecule has 138 valence electrons. The molecule has 1 aromatic rings. The van der Waals surface area contributed by atoms with Crippen LogP contribution >= 0.6 is 11.6 Å². The molecular formula is C18H25ClN2O4. The highest BCUT2D eigenvalue weighted by molar-refractivity contribution is 6.30.